The minimum Gasteiger partial charge on any atom is -0.491 e. The van der Waals surface area contributed by atoms with E-state index in [1.807, 2.05) is 4.90 Å². The molecule has 0 unspecified atom stereocenters. The van der Waals surface area contributed by atoms with Gasteiger partial charge in [-0.1, -0.05) is 19.9 Å². The molecule has 2 aliphatic heterocycles. The molecule has 1 fully saturated rings. The van der Waals surface area contributed by atoms with Gasteiger partial charge < -0.3 is 19.5 Å². The molecule has 0 spiro atoms. The van der Waals surface area contributed by atoms with Crippen LogP contribution in [0.1, 0.15) is 35.8 Å². The number of aromatic carboxylic acids is 1. The van der Waals surface area contributed by atoms with Crippen molar-refractivity contribution in [3.8, 4) is 5.75 Å². The van der Waals surface area contributed by atoms with Crippen LogP contribution in [0.5, 0.6) is 5.75 Å². The van der Waals surface area contributed by atoms with Crippen molar-refractivity contribution in [1.82, 2.24) is 4.90 Å². The normalized spacial score (nSPS) is 21.2. The van der Waals surface area contributed by atoms with Gasteiger partial charge in [-0.3, -0.25) is 4.79 Å². The molecule has 2 heterocycles. The molecule has 1 saturated heterocycles. The number of rotatable bonds is 3. The highest BCUT2D eigenvalue weighted by molar-refractivity contribution is 5.88. The van der Waals surface area contributed by atoms with Gasteiger partial charge in [-0.25, -0.2) is 4.79 Å². The molecule has 0 saturated carbocycles. The van der Waals surface area contributed by atoms with Crippen molar-refractivity contribution < 1.29 is 24.2 Å². The highest BCUT2D eigenvalue weighted by Gasteiger charge is 2.38. The second kappa shape index (κ2) is 6.20. The Morgan fingerprint density at radius 3 is 2.61 bits per heavy atom. The SMILES string of the molecule is CC(C)[C@@H]1c2ccc(C(=O)O)cc2OCCN1C(=O)C1COC1. The van der Waals surface area contributed by atoms with Crippen molar-refractivity contribution >= 4 is 11.9 Å². The van der Waals surface area contributed by atoms with Crippen LogP contribution in [-0.4, -0.2) is 48.2 Å². The summed E-state index contributed by atoms with van der Waals surface area (Å²) in [6.07, 6.45) is 0. The first-order valence-corrected chi connectivity index (χ1v) is 7.87. The topological polar surface area (TPSA) is 76.1 Å². The van der Waals surface area contributed by atoms with E-state index in [1.165, 1.54) is 0 Å². The molecule has 1 N–H and O–H groups in total. The molecule has 3 rings (SSSR count). The zero-order valence-corrected chi connectivity index (χ0v) is 13.3. The van der Waals surface area contributed by atoms with E-state index in [9.17, 15) is 9.59 Å². The van der Waals surface area contributed by atoms with Crippen molar-refractivity contribution in [2.75, 3.05) is 26.4 Å². The van der Waals surface area contributed by atoms with Gasteiger partial charge in [0.25, 0.3) is 0 Å². The van der Waals surface area contributed by atoms with Gasteiger partial charge in [0.15, 0.2) is 0 Å². The number of benzene rings is 1. The number of carbonyl (C=O) groups is 2. The Balaban J connectivity index is 1.98. The molecule has 1 aromatic carbocycles. The maximum absolute atomic E-state index is 12.7. The lowest BCUT2D eigenvalue weighted by Gasteiger charge is -2.37. The number of carbonyl (C=O) groups excluding carboxylic acids is 1. The zero-order valence-electron chi connectivity index (χ0n) is 13.3. The first-order chi connectivity index (χ1) is 11.0. The average molecular weight is 319 g/mol. The molecule has 0 bridgehead atoms. The fraction of sp³-hybridized carbons (Fsp3) is 0.529. The fourth-order valence-electron chi connectivity index (χ4n) is 3.18. The fourth-order valence-corrected chi connectivity index (χ4v) is 3.18. The molecule has 124 valence electrons. The van der Waals surface area contributed by atoms with E-state index in [0.29, 0.717) is 32.1 Å². The average Bonchev–Trinajstić information content (AvgIpc) is 2.63. The van der Waals surface area contributed by atoms with Crippen LogP contribution in [0.15, 0.2) is 18.2 Å². The van der Waals surface area contributed by atoms with Crippen LogP contribution in [-0.2, 0) is 9.53 Å². The number of hydrogen-bond acceptors (Lipinski definition) is 4. The van der Waals surface area contributed by atoms with Crippen molar-refractivity contribution in [3.05, 3.63) is 29.3 Å². The number of hydrogen-bond donors (Lipinski definition) is 1. The van der Waals surface area contributed by atoms with Gasteiger partial charge in [-0.2, -0.15) is 0 Å². The van der Waals surface area contributed by atoms with E-state index in [1.54, 1.807) is 18.2 Å². The third-order valence-corrected chi connectivity index (χ3v) is 4.41. The predicted octanol–water partition coefficient (Wildman–Crippen LogP) is 1.95. The van der Waals surface area contributed by atoms with E-state index in [2.05, 4.69) is 13.8 Å². The number of carboxylic acid groups (broad SMARTS) is 1. The quantitative estimate of drug-likeness (QED) is 0.921. The van der Waals surface area contributed by atoms with Gasteiger partial charge >= 0.3 is 5.97 Å². The Bertz CT molecular complexity index is 623. The van der Waals surface area contributed by atoms with Crippen LogP contribution in [0.25, 0.3) is 0 Å². The lowest BCUT2D eigenvalue weighted by Crippen LogP contribution is -2.47. The molecule has 1 amide bonds. The first-order valence-electron chi connectivity index (χ1n) is 7.87. The summed E-state index contributed by atoms with van der Waals surface area (Å²) in [7, 11) is 0. The van der Waals surface area contributed by atoms with Crippen molar-refractivity contribution in [3.63, 3.8) is 0 Å². The van der Waals surface area contributed by atoms with Crippen molar-refractivity contribution in [2.24, 2.45) is 11.8 Å². The summed E-state index contributed by atoms with van der Waals surface area (Å²) in [5.41, 5.74) is 1.06. The Morgan fingerprint density at radius 2 is 2.04 bits per heavy atom. The van der Waals surface area contributed by atoms with Crippen molar-refractivity contribution in [2.45, 2.75) is 19.9 Å². The number of nitrogens with zero attached hydrogens (tertiary/aromatic N) is 1. The maximum Gasteiger partial charge on any atom is 0.335 e. The van der Waals surface area contributed by atoms with Crippen LogP contribution < -0.4 is 4.74 Å². The smallest absolute Gasteiger partial charge is 0.335 e. The lowest BCUT2D eigenvalue weighted by molar-refractivity contribution is -0.153. The lowest BCUT2D eigenvalue weighted by atomic mass is 9.91. The second-order valence-electron chi connectivity index (χ2n) is 6.36. The molecular weight excluding hydrogens is 298 g/mol. The summed E-state index contributed by atoms with van der Waals surface area (Å²) in [6, 6.07) is 4.77. The zero-order chi connectivity index (χ0) is 16.6. The molecular formula is C17H21NO5. The predicted molar refractivity (Wildman–Crippen MR) is 82.5 cm³/mol. The molecule has 1 atom stereocenters. The highest BCUT2D eigenvalue weighted by atomic mass is 16.5. The van der Waals surface area contributed by atoms with Crippen LogP contribution in [0.2, 0.25) is 0 Å². The Kier molecular flexibility index (Phi) is 4.26. The minimum absolute atomic E-state index is 0.0731. The van der Waals surface area contributed by atoms with Gasteiger partial charge in [0, 0.05) is 5.56 Å². The molecule has 0 aliphatic carbocycles. The largest absolute Gasteiger partial charge is 0.491 e. The van der Waals surface area contributed by atoms with E-state index in [0.717, 1.165) is 5.56 Å². The second-order valence-corrected chi connectivity index (χ2v) is 6.36. The Labute approximate surface area is 135 Å². The van der Waals surface area contributed by atoms with Crippen LogP contribution in [0.3, 0.4) is 0 Å². The third kappa shape index (κ3) is 2.91. The van der Waals surface area contributed by atoms with Gasteiger partial charge in [0.1, 0.15) is 12.4 Å². The molecule has 6 heteroatoms. The summed E-state index contributed by atoms with van der Waals surface area (Å²) in [5.74, 6) is -0.217. The summed E-state index contributed by atoms with van der Waals surface area (Å²) < 4.78 is 10.9. The minimum atomic E-state index is -0.985. The molecule has 6 nitrogen and oxygen atoms in total. The number of fused-ring (bicyclic) bond motifs is 1. The summed E-state index contributed by atoms with van der Waals surface area (Å²) in [5, 5.41) is 9.15. The van der Waals surface area contributed by atoms with Gasteiger partial charge in [0.05, 0.1) is 37.3 Å². The Hall–Kier alpha value is -2.08. The summed E-state index contributed by atoms with van der Waals surface area (Å²) in [6.45, 7) is 5.93. The highest BCUT2D eigenvalue weighted by Crippen LogP contribution is 2.38. The number of ether oxygens (including phenoxy) is 2. The van der Waals surface area contributed by atoms with Crippen LogP contribution in [0, 0.1) is 11.8 Å². The van der Waals surface area contributed by atoms with Crippen molar-refractivity contribution in [1.29, 1.82) is 0 Å². The van der Waals surface area contributed by atoms with Crippen LogP contribution in [0.4, 0.5) is 0 Å². The maximum atomic E-state index is 12.7. The molecule has 1 aromatic rings. The van der Waals surface area contributed by atoms with Gasteiger partial charge in [-0.05, 0) is 18.1 Å². The number of amides is 1. The van der Waals surface area contributed by atoms with E-state index < -0.39 is 5.97 Å². The summed E-state index contributed by atoms with van der Waals surface area (Å²) >= 11 is 0. The summed E-state index contributed by atoms with van der Waals surface area (Å²) in [4.78, 5) is 25.8. The Morgan fingerprint density at radius 1 is 1.30 bits per heavy atom. The van der Waals surface area contributed by atoms with E-state index in [4.69, 9.17) is 14.6 Å². The van der Waals surface area contributed by atoms with E-state index >= 15 is 0 Å². The van der Waals surface area contributed by atoms with E-state index in [-0.39, 0.29) is 29.3 Å². The van der Waals surface area contributed by atoms with Gasteiger partial charge in [0.2, 0.25) is 5.91 Å². The molecule has 2 aliphatic rings. The monoisotopic (exact) mass is 319 g/mol. The van der Waals surface area contributed by atoms with Crippen LogP contribution >= 0.6 is 0 Å². The third-order valence-electron chi connectivity index (χ3n) is 4.41. The first kappa shape index (κ1) is 15.8. The standard InChI is InChI=1S/C17H21NO5/c1-10(2)15-13-4-3-11(17(20)21)7-14(13)23-6-5-18(15)16(19)12-8-22-9-12/h3-4,7,10,12,15H,5-6,8-9H2,1-2H3,(H,20,21)/t15-/m1/s1. The molecule has 23 heavy (non-hydrogen) atoms. The molecule has 0 radical (unpaired) electrons. The number of carboxylic acids is 1. The van der Waals surface area contributed by atoms with Gasteiger partial charge in [-0.15, -0.1) is 0 Å². The molecule has 0 aromatic heterocycles.